The summed E-state index contributed by atoms with van der Waals surface area (Å²) in [6, 6.07) is 10.1. The molecule has 0 saturated heterocycles. The highest BCUT2D eigenvalue weighted by atomic mass is 16.1. The van der Waals surface area contributed by atoms with Crippen molar-refractivity contribution in [2.75, 3.05) is 0 Å². The van der Waals surface area contributed by atoms with E-state index in [-0.39, 0.29) is 5.91 Å². The standard InChI is InChI=1S/C11H11NO/c13-11-7-6-10(8-12-11)9-4-2-1-3-5-9/h1-5,8H,6-7H2,(H,12,13). The Morgan fingerprint density at radius 3 is 2.46 bits per heavy atom. The van der Waals surface area contributed by atoms with E-state index in [9.17, 15) is 4.79 Å². The van der Waals surface area contributed by atoms with Gasteiger partial charge >= 0.3 is 0 Å². The second kappa shape index (κ2) is 3.44. The van der Waals surface area contributed by atoms with Crippen LogP contribution in [0.3, 0.4) is 0 Å². The van der Waals surface area contributed by atoms with Crippen LogP contribution in [0, 0.1) is 0 Å². The highest BCUT2D eigenvalue weighted by molar-refractivity contribution is 5.84. The lowest BCUT2D eigenvalue weighted by molar-refractivity contribution is -0.120. The SMILES string of the molecule is O=C1CCC(c2ccccc2)=CN1. The Balaban J connectivity index is 2.23. The average Bonchev–Trinajstić information content (AvgIpc) is 2.20. The normalized spacial score (nSPS) is 16.3. The molecule has 0 atom stereocenters. The van der Waals surface area contributed by atoms with E-state index in [0.717, 1.165) is 6.42 Å². The smallest absolute Gasteiger partial charge is 0.224 e. The number of nitrogens with one attached hydrogen (secondary N) is 1. The minimum Gasteiger partial charge on any atom is -0.332 e. The van der Waals surface area contributed by atoms with Crippen LogP contribution in [0.2, 0.25) is 0 Å². The maximum Gasteiger partial charge on any atom is 0.224 e. The fraction of sp³-hybridized carbons (Fsp3) is 0.182. The van der Waals surface area contributed by atoms with Gasteiger partial charge in [0.15, 0.2) is 0 Å². The van der Waals surface area contributed by atoms with Crippen molar-refractivity contribution in [3.8, 4) is 0 Å². The van der Waals surface area contributed by atoms with E-state index >= 15 is 0 Å². The summed E-state index contributed by atoms with van der Waals surface area (Å²) in [4.78, 5) is 10.9. The quantitative estimate of drug-likeness (QED) is 0.690. The Morgan fingerprint density at radius 2 is 1.85 bits per heavy atom. The minimum absolute atomic E-state index is 0.111. The molecule has 0 radical (unpaired) electrons. The van der Waals surface area contributed by atoms with Gasteiger partial charge in [0, 0.05) is 12.6 Å². The molecule has 1 aliphatic rings. The largest absolute Gasteiger partial charge is 0.332 e. The van der Waals surface area contributed by atoms with Gasteiger partial charge in [-0.1, -0.05) is 30.3 Å². The van der Waals surface area contributed by atoms with Crippen LogP contribution < -0.4 is 5.32 Å². The summed E-state index contributed by atoms with van der Waals surface area (Å²) < 4.78 is 0. The van der Waals surface area contributed by atoms with Crippen molar-refractivity contribution in [1.29, 1.82) is 0 Å². The Bertz CT molecular complexity index is 340. The highest BCUT2D eigenvalue weighted by Gasteiger charge is 2.10. The van der Waals surface area contributed by atoms with Gasteiger partial charge in [-0.2, -0.15) is 0 Å². The van der Waals surface area contributed by atoms with Crippen LogP contribution in [0.5, 0.6) is 0 Å². The number of carbonyl (C=O) groups is 1. The van der Waals surface area contributed by atoms with Gasteiger partial charge in [0.25, 0.3) is 0 Å². The fourth-order valence-electron chi connectivity index (χ4n) is 1.44. The summed E-state index contributed by atoms with van der Waals surface area (Å²) in [5, 5.41) is 2.73. The van der Waals surface area contributed by atoms with Crippen molar-refractivity contribution in [3.05, 3.63) is 42.1 Å². The topological polar surface area (TPSA) is 29.1 Å². The molecule has 0 saturated carbocycles. The maximum atomic E-state index is 10.9. The summed E-state index contributed by atoms with van der Waals surface area (Å²) in [6.07, 6.45) is 3.25. The zero-order chi connectivity index (χ0) is 9.10. The van der Waals surface area contributed by atoms with Gasteiger partial charge < -0.3 is 5.32 Å². The number of carbonyl (C=O) groups excluding carboxylic acids is 1. The zero-order valence-corrected chi connectivity index (χ0v) is 7.29. The fourth-order valence-corrected chi connectivity index (χ4v) is 1.44. The first kappa shape index (κ1) is 8.05. The van der Waals surface area contributed by atoms with Crippen molar-refractivity contribution in [2.24, 2.45) is 0 Å². The van der Waals surface area contributed by atoms with Crippen molar-refractivity contribution < 1.29 is 4.79 Å². The summed E-state index contributed by atoms with van der Waals surface area (Å²) >= 11 is 0. The number of benzene rings is 1. The molecule has 66 valence electrons. The molecular formula is C11H11NO. The summed E-state index contributed by atoms with van der Waals surface area (Å²) in [7, 11) is 0. The van der Waals surface area contributed by atoms with Crippen LogP contribution in [-0.2, 0) is 4.79 Å². The van der Waals surface area contributed by atoms with Gasteiger partial charge in [-0.25, -0.2) is 0 Å². The van der Waals surface area contributed by atoms with Crippen LogP contribution >= 0.6 is 0 Å². The van der Waals surface area contributed by atoms with Crippen molar-refractivity contribution in [1.82, 2.24) is 5.32 Å². The van der Waals surface area contributed by atoms with Gasteiger partial charge in [-0.3, -0.25) is 4.79 Å². The second-order valence-corrected chi connectivity index (χ2v) is 3.10. The van der Waals surface area contributed by atoms with Gasteiger partial charge in [-0.15, -0.1) is 0 Å². The third kappa shape index (κ3) is 1.78. The molecule has 0 bridgehead atoms. The van der Waals surface area contributed by atoms with Crippen LogP contribution in [0.4, 0.5) is 0 Å². The third-order valence-corrected chi connectivity index (χ3v) is 2.17. The Hall–Kier alpha value is -1.57. The third-order valence-electron chi connectivity index (χ3n) is 2.17. The molecule has 0 aromatic heterocycles. The predicted octanol–water partition coefficient (Wildman–Crippen LogP) is 1.94. The van der Waals surface area contributed by atoms with Crippen molar-refractivity contribution >= 4 is 11.5 Å². The molecule has 2 heteroatoms. The number of hydrogen-bond donors (Lipinski definition) is 1. The van der Waals surface area contributed by atoms with Gasteiger partial charge in [0.1, 0.15) is 0 Å². The second-order valence-electron chi connectivity index (χ2n) is 3.10. The summed E-state index contributed by atoms with van der Waals surface area (Å²) in [6.45, 7) is 0. The molecule has 1 aliphatic heterocycles. The average molecular weight is 173 g/mol. The lowest BCUT2D eigenvalue weighted by atomic mass is 10.0. The highest BCUT2D eigenvalue weighted by Crippen LogP contribution is 2.20. The van der Waals surface area contributed by atoms with Crippen LogP contribution in [-0.4, -0.2) is 5.91 Å². The van der Waals surface area contributed by atoms with E-state index < -0.39 is 0 Å². The molecule has 1 aromatic carbocycles. The Labute approximate surface area is 77.3 Å². The minimum atomic E-state index is 0.111. The van der Waals surface area contributed by atoms with Gasteiger partial charge in [0.2, 0.25) is 5.91 Å². The van der Waals surface area contributed by atoms with Gasteiger partial charge in [-0.05, 0) is 17.6 Å². The number of rotatable bonds is 1. The molecule has 1 N–H and O–H groups in total. The first-order valence-electron chi connectivity index (χ1n) is 4.40. The molecule has 1 heterocycles. The molecule has 0 aliphatic carbocycles. The first-order valence-corrected chi connectivity index (χ1v) is 4.40. The molecule has 1 aromatic rings. The van der Waals surface area contributed by atoms with Gasteiger partial charge in [0.05, 0.1) is 0 Å². The number of hydrogen-bond acceptors (Lipinski definition) is 1. The number of allylic oxidation sites excluding steroid dienone is 1. The molecule has 13 heavy (non-hydrogen) atoms. The van der Waals surface area contributed by atoms with Crippen molar-refractivity contribution in [2.45, 2.75) is 12.8 Å². The summed E-state index contributed by atoms with van der Waals surface area (Å²) in [5.41, 5.74) is 2.41. The van der Waals surface area contributed by atoms with E-state index in [1.165, 1.54) is 11.1 Å². The molecular weight excluding hydrogens is 162 g/mol. The molecule has 0 spiro atoms. The van der Waals surface area contributed by atoms with Crippen LogP contribution in [0.25, 0.3) is 5.57 Å². The Kier molecular flexibility index (Phi) is 2.13. The molecule has 1 amide bonds. The van der Waals surface area contributed by atoms with E-state index in [2.05, 4.69) is 17.4 Å². The monoisotopic (exact) mass is 173 g/mol. The lowest BCUT2D eigenvalue weighted by Gasteiger charge is -2.12. The summed E-state index contributed by atoms with van der Waals surface area (Å²) in [5.74, 6) is 0.111. The molecule has 2 nitrogen and oxygen atoms in total. The van der Waals surface area contributed by atoms with E-state index in [0.29, 0.717) is 6.42 Å². The Morgan fingerprint density at radius 1 is 1.08 bits per heavy atom. The molecule has 0 unspecified atom stereocenters. The van der Waals surface area contributed by atoms with E-state index in [4.69, 9.17) is 0 Å². The predicted molar refractivity (Wildman–Crippen MR) is 51.8 cm³/mol. The molecule has 0 fully saturated rings. The molecule has 2 rings (SSSR count). The van der Waals surface area contributed by atoms with Crippen LogP contribution in [0.15, 0.2) is 36.5 Å². The first-order chi connectivity index (χ1) is 6.36. The van der Waals surface area contributed by atoms with Crippen LogP contribution in [0.1, 0.15) is 18.4 Å². The van der Waals surface area contributed by atoms with Crippen molar-refractivity contribution in [3.63, 3.8) is 0 Å². The maximum absolute atomic E-state index is 10.9. The number of amides is 1. The zero-order valence-electron chi connectivity index (χ0n) is 7.29. The van der Waals surface area contributed by atoms with E-state index in [1.54, 1.807) is 6.20 Å². The lowest BCUT2D eigenvalue weighted by Crippen LogP contribution is -2.21. The van der Waals surface area contributed by atoms with E-state index in [1.807, 2.05) is 18.2 Å².